The summed E-state index contributed by atoms with van der Waals surface area (Å²) in [6, 6.07) is 9.18. The molecule has 1 aromatic carbocycles. The first kappa shape index (κ1) is 15.2. The molecule has 116 valence electrons. The lowest BCUT2D eigenvalue weighted by Crippen LogP contribution is -2.54. The zero-order valence-electron chi connectivity index (χ0n) is 12.0. The van der Waals surface area contributed by atoms with Crippen molar-refractivity contribution in [2.45, 2.75) is 6.92 Å². The number of furan rings is 1. The molecule has 1 saturated heterocycles. The summed E-state index contributed by atoms with van der Waals surface area (Å²) >= 11 is 3.29. The molecular formula is C16H11BrN2O4. The van der Waals surface area contributed by atoms with Crippen LogP contribution in [0.25, 0.3) is 6.08 Å². The van der Waals surface area contributed by atoms with Crippen LogP contribution in [-0.4, -0.2) is 17.8 Å². The first-order valence-corrected chi connectivity index (χ1v) is 7.48. The van der Waals surface area contributed by atoms with Gasteiger partial charge >= 0.3 is 6.03 Å². The van der Waals surface area contributed by atoms with E-state index < -0.39 is 17.8 Å². The van der Waals surface area contributed by atoms with Crippen molar-refractivity contribution in [2.75, 3.05) is 4.90 Å². The highest BCUT2D eigenvalue weighted by atomic mass is 79.9. The third kappa shape index (κ3) is 2.95. The Morgan fingerprint density at radius 2 is 1.78 bits per heavy atom. The van der Waals surface area contributed by atoms with Crippen LogP contribution in [-0.2, 0) is 9.59 Å². The molecule has 1 fully saturated rings. The third-order valence-corrected chi connectivity index (χ3v) is 3.76. The monoisotopic (exact) mass is 374 g/mol. The molecule has 0 radical (unpaired) electrons. The van der Waals surface area contributed by atoms with Gasteiger partial charge in [-0.2, -0.15) is 0 Å². The van der Waals surface area contributed by atoms with Crippen LogP contribution in [0.1, 0.15) is 11.5 Å². The van der Waals surface area contributed by atoms with Gasteiger partial charge in [-0.3, -0.25) is 14.9 Å². The van der Waals surface area contributed by atoms with E-state index in [-0.39, 0.29) is 5.57 Å². The molecule has 0 spiro atoms. The number of aryl methyl sites for hydroxylation is 1. The number of hydrogen-bond donors (Lipinski definition) is 1. The maximum atomic E-state index is 12.6. The van der Waals surface area contributed by atoms with Crippen LogP contribution in [0.3, 0.4) is 0 Å². The van der Waals surface area contributed by atoms with E-state index in [0.29, 0.717) is 17.2 Å². The van der Waals surface area contributed by atoms with Gasteiger partial charge in [0.05, 0.1) is 5.69 Å². The normalized spacial score (nSPS) is 16.9. The molecule has 0 atom stereocenters. The van der Waals surface area contributed by atoms with Crippen molar-refractivity contribution in [3.63, 3.8) is 0 Å². The highest BCUT2D eigenvalue weighted by molar-refractivity contribution is 9.10. The highest BCUT2D eigenvalue weighted by Crippen LogP contribution is 2.24. The molecule has 1 aromatic heterocycles. The number of urea groups is 1. The summed E-state index contributed by atoms with van der Waals surface area (Å²) in [6.45, 7) is 1.75. The number of carbonyl (C=O) groups is 3. The Balaban J connectivity index is 2.00. The summed E-state index contributed by atoms with van der Waals surface area (Å²) in [7, 11) is 0. The zero-order valence-corrected chi connectivity index (χ0v) is 13.6. The number of nitrogens with one attached hydrogen (secondary N) is 1. The summed E-state index contributed by atoms with van der Waals surface area (Å²) in [6.07, 6.45) is 1.32. The largest absolute Gasteiger partial charge is 0.462 e. The van der Waals surface area contributed by atoms with Crippen molar-refractivity contribution >= 4 is 45.5 Å². The molecule has 23 heavy (non-hydrogen) atoms. The first-order valence-electron chi connectivity index (χ1n) is 6.69. The maximum Gasteiger partial charge on any atom is 0.335 e. The number of hydrogen-bond acceptors (Lipinski definition) is 4. The fourth-order valence-electron chi connectivity index (χ4n) is 2.16. The summed E-state index contributed by atoms with van der Waals surface area (Å²) in [5.74, 6) is -0.426. The Morgan fingerprint density at radius 3 is 2.39 bits per heavy atom. The number of carbonyl (C=O) groups excluding carboxylic acids is 3. The molecule has 2 aromatic rings. The average molecular weight is 375 g/mol. The van der Waals surface area contributed by atoms with Crippen LogP contribution >= 0.6 is 15.9 Å². The first-order chi connectivity index (χ1) is 11.0. The second kappa shape index (κ2) is 5.85. The number of barbiturate groups is 1. The fourth-order valence-corrected chi connectivity index (χ4v) is 2.42. The Labute approximate surface area is 139 Å². The minimum absolute atomic E-state index is 0.165. The number of nitrogens with zero attached hydrogens (tertiary/aromatic N) is 1. The zero-order chi connectivity index (χ0) is 16.6. The Hall–Kier alpha value is -2.67. The van der Waals surface area contributed by atoms with Crippen molar-refractivity contribution in [3.8, 4) is 0 Å². The number of anilines is 1. The number of amides is 4. The minimum atomic E-state index is -0.782. The van der Waals surface area contributed by atoms with Crippen molar-refractivity contribution < 1.29 is 18.8 Å². The second-order valence-corrected chi connectivity index (χ2v) is 5.80. The van der Waals surface area contributed by atoms with Crippen molar-refractivity contribution in [2.24, 2.45) is 0 Å². The predicted molar refractivity (Wildman–Crippen MR) is 86.6 cm³/mol. The topological polar surface area (TPSA) is 79.6 Å². The summed E-state index contributed by atoms with van der Waals surface area (Å²) in [4.78, 5) is 37.5. The molecule has 0 bridgehead atoms. The third-order valence-electron chi connectivity index (χ3n) is 3.23. The molecule has 2 heterocycles. The lowest BCUT2D eigenvalue weighted by atomic mass is 10.1. The van der Waals surface area contributed by atoms with Crippen LogP contribution < -0.4 is 10.2 Å². The van der Waals surface area contributed by atoms with Gasteiger partial charge < -0.3 is 4.42 Å². The van der Waals surface area contributed by atoms with E-state index in [2.05, 4.69) is 21.2 Å². The van der Waals surface area contributed by atoms with Crippen LogP contribution in [0.2, 0.25) is 0 Å². The van der Waals surface area contributed by atoms with E-state index in [4.69, 9.17) is 4.42 Å². The Bertz CT molecular complexity index is 836. The van der Waals surface area contributed by atoms with E-state index in [9.17, 15) is 14.4 Å². The van der Waals surface area contributed by atoms with Crippen molar-refractivity contribution in [3.05, 3.63) is 58.0 Å². The van der Waals surface area contributed by atoms with Gasteiger partial charge in [-0.25, -0.2) is 9.69 Å². The molecule has 1 N–H and O–H groups in total. The average Bonchev–Trinajstić information content (AvgIpc) is 2.91. The standard InChI is InChI=1S/C16H11BrN2O4/c1-9-2-7-12(23-9)8-13-14(20)18-16(22)19(15(13)21)11-5-3-10(17)4-6-11/h2-8H,1H3,(H,18,20,22). The van der Waals surface area contributed by atoms with Crippen LogP contribution in [0.15, 0.2) is 50.9 Å². The van der Waals surface area contributed by atoms with Crippen LogP contribution in [0.5, 0.6) is 0 Å². The van der Waals surface area contributed by atoms with E-state index in [0.717, 1.165) is 9.37 Å². The molecule has 0 aliphatic carbocycles. The molecule has 6 nitrogen and oxygen atoms in total. The molecule has 4 amide bonds. The van der Waals surface area contributed by atoms with Gasteiger partial charge in [-0.15, -0.1) is 0 Å². The summed E-state index contributed by atoms with van der Waals surface area (Å²) < 4.78 is 6.16. The Morgan fingerprint density at radius 1 is 1.09 bits per heavy atom. The summed E-state index contributed by atoms with van der Waals surface area (Å²) in [5.41, 5.74) is 0.201. The molecular weight excluding hydrogens is 364 g/mol. The predicted octanol–water partition coefficient (Wildman–Crippen LogP) is 3.02. The number of rotatable bonds is 2. The summed E-state index contributed by atoms with van der Waals surface area (Å²) in [5, 5.41) is 2.16. The van der Waals surface area contributed by atoms with E-state index in [1.807, 2.05) is 0 Å². The van der Waals surface area contributed by atoms with Gasteiger partial charge in [0.2, 0.25) is 0 Å². The van der Waals surface area contributed by atoms with Gasteiger partial charge in [-0.05, 0) is 49.4 Å². The highest BCUT2D eigenvalue weighted by Gasteiger charge is 2.36. The van der Waals surface area contributed by atoms with E-state index >= 15 is 0 Å². The minimum Gasteiger partial charge on any atom is -0.462 e. The fraction of sp³-hybridized carbons (Fsp3) is 0.0625. The van der Waals surface area contributed by atoms with Crippen molar-refractivity contribution in [1.29, 1.82) is 0 Å². The number of benzene rings is 1. The molecule has 3 rings (SSSR count). The molecule has 7 heteroatoms. The van der Waals surface area contributed by atoms with Crippen LogP contribution in [0.4, 0.5) is 10.5 Å². The maximum absolute atomic E-state index is 12.6. The smallest absolute Gasteiger partial charge is 0.335 e. The molecule has 0 unspecified atom stereocenters. The molecule has 0 saturated carbocycles. The van der Waals surface area contributed by atoms with Gasteiger partial charge in [0.25, 0.3) is 11.8 Å². The van der Waals surface area contributed by atoms with Crippen LogP contribution in [0, 0.1) is 6.92 Å². The lowest BCUT2D eigenvalue weighted by molar-refractivity contribution is -0.122. The SMILES string of the molecule is Cc1ccc(C=C2C(=O)NC(=O)N(c3ccc(Br)cc3)C2=O)o1. The number of imide groups is 2. The Kier molecular flexibility index (Phi) is 3.87. The van der Waals surface area contributed by atoms with Gasteiger partial charge in [-0.1, -0.05) is 15.9 Å². The quantitative estimate of drug-likeness (QED) is 0.647. The van der Waals surface area contributed by atoms with E-state index in [1.54, 1.807) is 43.3 Å². The molecule has 1 aliphatic heterocycles. The van der Waals surface area contributed by atoms with Gasteiger partial charge in [0.1, 0.15) is 17.1 Å². The lowest BCUT2D eigenvalue weighted by Gasteiger charge is -2.26. The molecule has 1 aliphatic rings. The van der Waals surface area contributed by atoms with E-state index in [1.165, 1.54) is 6.08 Å². The second-order valence-electron chi connectivity index (χ2n) is 4.88. The number of halogens is 1. The van der Waals surface area contributed by atoms with Crippen molar-refractivity contribution in [1.82, 2.24) is 5.32 Å². The van der Waals surface area contributed by atoms with Gasteiger partial charge in [0, 0.05) is 4.47 Å². The van der Waals surface area contributed by atoms with Gasteiger partial charge in [0.15, 0.2) is 0 Å².